The first-order valence-electron chi connectivity index (χ1n) is 10.5. The van der Waals surface area contributed by atoms with Crippen LogP contribution in [0, 0.1) is 26.7 Å². The van der Waals surface area contributed by atoms with Gasteiger partial charge in [-0.25, -0.2) is 0 Å². The van der Waals surface area contributed by atoms with Crippen LogP contribution in [0.25, 0.3) is 11.4 Å². The summed E-state index contributed by atoms with van der Waals surface area (Å²) in [6.45, 7) is 6.95. The maximum Gasteiger partial charge on any atom is 0.253 e. The van der Waals surface area contributed by atoms with E-state index in [-0.39, 0.29) is 17.7 Å². The number of carbonyl (C=O) groups excluding carboxylic acids is 2. The highest BCUT2D eigenvalue weighted by molar-refractivity contribution is 5.95. The van der Waals surface area contributed by atoms with Crippen molar-refractivity contribution in [2.24, 2.45) is 5.92 Å². The molecular weight excluding hydrogens is 392 g/mol. The molecule has 1 aliphatic rings. The van der Waals surface area contributed by atoms with Gasteiger partial charge < -0.3 is 14.7 Å². The lowest BCUT2D eigenvalue weighted by atomic mass is 9.95. The van der Waals surface area contributed by atoms with Crippen LogP contribution in [0.1, 0.15) is 40.2 Å². The van der Waals surface area contributed by atoms with Crippen LogP contribution < -0.4 is 5.32 Å². The lowest BCUT2D eigenvalue weighted by Gasteiger charge is -2.31. The van der Waals surface area contributed by atoms with Crippen molar-refractivity contribution in [3.63, 3.8) is 0 Å². The van der Waals surface area contributed by atoms with E-state index in [4.69, 9.17) is 4.52 Å². The van der Waals surface area contributed by atoms with Gasteiger partial charge in [0.15, 0.2) is 0 Å². The minimum Gasteiger partial charge on any atom is -0.339 e. The van der Waals surface area contributed by atoms with Gasteiger partial charge in [0.05, 0.1) is 0 Å². The van der Waals surface area contributed by atoms with Crippen LogP contribution in [0.3, 0.4) is 0 Å². The number of aryl methyl sites for hydroxylation is 3. The van der Waals surface area contributed by atoms with E-state index in [9.17, 15) is 9.59 Å². The van der Waals surface area contributed by atoms with E-state index >= 15 is 0 Å². The fourth-order valence-corrected chi connectivity index (χ4v) is 3.77. The van der Waals surface area contributed by atoms with Gasteiger partial charge >= 0.3 is 0 Å². The predicted molar refractivity (Wildman–Crippen MR) is 118 cm³/mol. The van der Waals surface area contributed by atoms with Gasteiger partial charge in [-0.15, -0.1) is 0 Å². The fraction of sp³-hybridized carbons (Fsp3) is 0.333. The molecule has 1 fully saturated rings. The summed E-state index contributed by atoms with van der Waals surface area (Å²) >= 11 is 0. The minimum atomic E-state index is -0.0884. The average molecular weight is 418 g/mol. The summed E-state index contributed by atoms with van der Waals surface area (Å²) in [5.41, 5.74) is 4.59. The second-order valence-corrected chi connectivity index (χ2v) is 8.07. The topological polar surface area (TPSA) is 88.3 Å². The van der Waals surface area contributed by atoms with Crippen LogP contribution in [-0.4, -0.2) is 39.9 Å². The molecule has 0 unspecified atom stereocenters. The minimum absolute atomic E-state index is 0.0233. The number of benzene rings is 2. The maximum absolute atomic E-state index is 12.9. The summed E-state index contributed by atoms with van der Waals surface area (Å²) in [5, 5.41) is 6.91. The third-order valence-electron chi connectivity index (χ3n) is 5.85. The Morgan fingerprint density at radius 3 is 2.32 bits per heavy atom. The Labute approximate surface area is 181 Å². The molecule has 2 aromatic carbocycles. The van der Waals surface area contributed by atoms with Gasteiger partial charge in [0.1, 0.15) is 0 Å². The highest BCUT2D eigenvalue weighted by atomic mass is 16.5. The van der Waals surface area contributed by atoms with Crippen LogP contribution in [0.15, 0.2) is 47.0 Å². The first-order chi connectivity index (χ1) is 14.9. The molecule has 1 N–H and O–H groups in total. The Bertz CT molecular complexity index is 1100. The number of carbonyl (C=O) groups is 2. The second kappa shape index (κ2) is 8.71. The molecule has 0 radical (unpaired) electrons. The molecule has 1 aliphatic heterocycles. The molecule has 0 aliphatic carbocycles. The normalized spacial score (nSPS) is 14.5. The molecule has 3 aromatic rings. The Hall–Kier alpha value is -3.48. The molecule has 0 saturated carbocycles. The van der Waals surface area contributed by atoms with Gasteiger partial charge in [-0.05, 0) is 62.1 Å². The monoisotopic (exact) mass is 418 g/mol. The standard InChI is InChI=1S/C24H26N4O3/c1-15-4-9-21(14-16(15)2)26-23(29)19-10-12-28(13-11-19)24(30)20-7-5-18(6-8-20)22-25-17(3)31-27-22/h4-9,14,19H,10-13H2,1-3H3,(H,26,29). The highest BCUT2D eigenvalue weighted by Gasteiger charge is 2.28. The molecule has 1 saturated heterocycles. The van der Waals surface area contributed by atoms with Gasteiger partial charge in [0.2, 0.25) is 17.6 Å². The molecule has 31 heavy (non-hydrogen) atoms. The predicted octanol–water partition coefficient (Wildman–Crippen LogP) is 4.15. The number of anilines is 1. The smallest absolute Gasteiger partial charge is 0.253 e. The lowest BCUT2D eigenvalue weighted by molar-refractivity contribution is -0.121. The third-order valence-corrected chi connectivity index (χ3v) is 5.85. The van der Waals surface area contributed by atoms with Crippen LogP contribution in [0.4, 0.5) is 5.69 Å². The number of hydrogen-bond acceptors (Lipinski definition) is 5. The van der Waals surface area contributed by atoms with Crippen molar-refractivity contribution in [2.45, 2.75) is 33.6 Å². The highest BCUT2D eigenvalue weighted by Crippen LogP contribution is 2.23. The van der Waals surface area contributed by atoms with Gasteiger partial charge in [-0.2, -0.15) is 4.98 Å². The zero-order chi connectivity index (χ0) is 22.0. The number of piperidine rings is 1. The lowest BCUT2D eigenvalue weighted by Crippen LogP contribution is -2.41. The molecule has 2 heterocycles. The zero-order valence-corrected chi connectivity index (χ0v) is 18.0. The molecular formula is C24H26N4O3. The molecule has 0 bridgehead atoms. The molecule has 4 rings (SSSR count). The summed E-state index contributed by atoms with van der Waals surface area (Å²) in [6, 6.07) is 13.1. The van der Waals surface area contributed by atoms with E-state index in [1.54, 1.807) is 19.1 Å². The Morgan fingerprint density at radius 1 is 1.00 bits per heavy atom. The zero-order valence-electron chi connectivity index (χ0n) is 18.0. The number of likely N-dealkylation sites (tertiary alicyclic amines) is 1. The van der Waals surface area contributed by atoms with Crippen LogP contribution in [-0.2, 0) is 4.79 Å². The molecule has 0 atom stereocenters. The van der Waals surface area contributed by atoms with E-state index in [0.29, 0.717) is 43.2 Å². The van der Waals surface area contributed by atoms with E-state index in [0.717, 1.165) is 16.8 Å². The molecule has 1 aromatic heterocycles. The van der Waals surface area contributed by atoms with Crippen LogP contribution >= 0.6 is 0 Å². The van der Waals surface area contributed by atoms with E-state index in [1.807, 2.05) is 49.1 Å². The molecule has 0 spiro atoms. The number of rotatable bonds is 4. The van der Waals surface area contributed by atoms with E-state index in [2.05, 4.69) is 15.5 Å². The molecule has 7 heteroatoms. The third kappa shape index (κ3) is 4.66. The van der Waals surface area contributed by atoms with Crippen molar-refractivity contribution >= 4 is 17.5 Å². The largest absolute Gasteiger partial charge is 0.339 e. The summed E-state index contributed by atoms with van der Waals surface area (Å²) in [7, 11) is 0. The molecule has 7 nitrogen and oxygen atoms in total. The quantitative estimate of drug-likeness (QED) is 0.688. The Balaban J connectivity index is 1.33. The van der Waals surface area contributed by atoms with Gasteiger partial charge in [-0.1, -0.05) is 23.4 Å². The Morgan fingerprint density at radius 2 is 1.71 bits per heavy atom. The SMILES string of the molecule is Cc1nc(-c2ccc(C(=O)N3CCC(C(=O)Nc4ccc(C)c(C)c4)CC3)cc2)no1. The van der Waals surface area contributed by atoms with Crippen molar-refractivity contribution < 1.29 is 14.1 Å². The number of nitrogens with one attached hydrogen (secondary N) is 1. The summed E-state index contributed by atoms with van der Waals surface area (Å²) in [5.74, 6) is 0.917. The van der Waals surface area contributed by atoms with Crippen LogP contribution in [0.2, 0.25) is 0 Å². The number of hydrogen-bond donors (Lipinski definition) is 1. The van der Waals surface area contributed by atoms with Crippen molar-refractivity contribution in [3.05, 3.63) is 65.0 Å². The van der Waals surface area contributed by atoms with Crippen molar-refractivity contribution in [3.8, 4) is 11.4 Å². The first kappa shape index (κ1) is 20.8. The summed E-state index contributed by atoms with van der Waals surface area (Å²) < 4.78 is 5.00. The number of nitrogens with zero attached hydrogens (tertiary/aromatic N) is 3. The van der Waals surface area contributed by atoms with E-state index < -0.39 is 0 Å². The number of aromatic nitrogens is 2. The van der Waals surface area contributed by atoms with Crippen LogP contribution in [0.5, 0.6) is 0 Å². The van der Waals surface area contributed by atoms with Crippen molar-refractivity contribution in [1.82, 2.24) is 15.0 Å². The van der Waals surface area contributed by atoms with Gasteiger partial charge in [0.25, 0.3) is 5.91 Å². The average Bonchev–Trinajstić information content (AvgIpc) is 3.22. The maximum atomic E-state index is 12.9. The molecule has 160 valence electrons. The van der Waals surface area contributed by atoms with E-state index in [1.165, 1.54) is 5.56 Å². The first-order valence-corrected chi connectivity index (χ1v) is 10.5. The number of amides is 2. The van der Waals surface area contributed by atoms with Crippen molar-refractivity contribution in [1.29, 1.82) is 0 Å². The second-order valence-electron chi connectivity index (χ2n) is 8.07. The van der Waals surface area contributed by atoms with Gasteiger partial charge in [0, 0.05) is 42.7 Å². The Kier molecular flexibility index (Phi) is 5.84. The summed E-state index contributed by atoms with van der Waals surface area (Å²) in [6.07, 6.45) is 1.31. The van der Waals surface area contributed by atoms with Crippen molar-refractivity contribution in [2.75, 3.05) is 18.4 Å². The summed E-state index contributed by atoms with van der Waals surface area (Å²) in [4.78, 5) is 31.5. The molecule has 2 amide bonds. The fourth-order valence-electron chi connectivity index (χ4n) is 3.77. The van der Waals surface area contributed by atoms with Gasteiger partial charge in [-0.3, -0.25) is 9.59 Å².